The van der Waals surface area contributed by atoms with Crippen LogP contribution in [-0.4, -0.2) is 15.4 Å². The molecule has 1 aliphatic heterocycles. The average molecular weight is 277 g/mol. The van der Waals surface area contributed by atoms with E-state index >= 15 is 0 Å². The molecule has 0 saturated carbocycles. The van der Waals surface area contributed by atoms with Gasteiger partial charge < -0.3 is 5.32 Å². The summed E-state index contributed by atoms with van der Waals surface area (Å²) in [6.07, 6.45) is 2.88. The van der Waals surface area contributed by atoms with Gasteiger partial charge in [0.15, 0.2) is 0 Å². The van der Waals surface area contributed by atoms with Gasteiger partial charge in [0, 0.05) is 24.0 Å². The van der Waals surface area contributed by atoms with Gasteiger partial charge in [-0.1, -0.05) is 6.92 Å². The van der Waals surface area contributed by atoms with Gasteiger partial charge in [0.25, 0.3) is 0 Å². The molecule has 0 spiro atoms. The third-order valence-corrected chi connectivity index (χ3v) is 5.41. The minimum absolute atomic E-state index is 0.449. The largest absolute Gasteiger partial charge is 0.304 e. The van der Waals surface area contributed by atoms with Crippen LogP contribution < -0.4 is 5.32 Å². The summed E-state index contributed by atoms with van der Waals surface area (Å²) in [5.74, 6) is 0. The molecular weight excluding hydrogens is 262 g/mol. The first-order valence-electron chi connectivity index (χ1n) is 6.07. The molecule has 0 aromatic carbocycles. The van der Waals surface area contributed by atoms with E-state index in [1.165, 1.54) is 16.2 Å². The zero-order valence-corrected chi connectivity index (χ0v) is 11.8. The summed E-state index contributed by atoms with van der Waals surface area (Å²) in [5, 5.41) is 14.5. The van der Waals surface area contributed by atoms with E-state index in [0.717, 1.165) is 12.2 Å². The predicted molar refractivity (Wildman–Crippen MR) is 75.9 cm³/mol. The fourth-order valence-electron chi connectivity index (χ4n) is 2.20. The van der Waals surface area contributed by atoms with Crippen molar-refractivity contribution in [1.82, 2.24) is 15.5 Å². The number of thioether (sulfide) groups is 1. The molecule has 1 unspecified atom stereocenters. The molecule has 3 rings (SSSR count). The highest BCUT2D eigenvalue weighted by Gasteiger charge is 2.25. The molecule has 0 saturated heterocycles. The Labute approximate surface area is 115 Å². The summed E-state index contributed by atoms with van der Waals surface area (Å²) in [4.78, 5) is 0. The molecule has 18 heavy (non-hydrogen) atoms. The molecule has 0 bridgehead atoms. The number of nitrogens with one attached hydrogen (secondary N) is 1. The van der Waals surface area contributed by atoms with Crippen LogP contribution in [0.25, 0.3) is 0 Å². The van der Waals surface area contributed by atoms with Crippen LogP contribution in [0.15, 0.2) is 34.0 Å². The van der Waals surface area contributed by atoms with Gasteiger partial charge in [-0.2, -0.15) is 10.2 Å². The quantitative estimate of drug-likeness (QED) is 0.934. The second-order valence-electron chi connectivity index (χ2n) is 4.48. The molecule has 5 heteroatoms. The maximum absolute atomic E-state index is 4.11. The Kier molecular flexibility index (Phi) is 3.63. The Bertz CT molecular complexity index is 512. The second kappa shape index (κ2) is 5.38. The molecule has 2 atom stereocenters. The fraction of sp³-hybridized carbons (Fsp3) is 0.385. The summed E-state index contributed by atoms with van der Waals surface area (Å²) < 4.78 is 1.46. The third kappa shape index (κ3) is 2.58. The lowest BCUT2D eigenvalue weighted by Gasteiger charge is -2.27. The van der Waals surface area contributed by atoms with Gasteiger partial charge in [-0.05, 0) is 35.6 Å². The van der Waals surface area contributed by atoms with Gasteiger partial charge in [-0.3, -0.25) is 0 Å². The lowest BCUT2D eigenvalue weighted by Crippen LogP contribution is -2.26. The summed E-state index contributed by atoms with van der Waals surface area (Å²) in [7, 11) is 0. The highest BCUT2D eigenvalue weighted by Crippen LogP contribution is 2.43. The Morgan fingerprint density at radius 3 is 3.22 bits per heavy atom. The van der Waals surface area contributed by atoms with Crippen molar-refractivity contribution in [3.8, 4) is 0 Å². The number of nitrogens with zero attached hydrogens (tertiary/aromatic N) is 2. The molecule has 0 amide bonds. The van der Waals surface area contributed by atoms with Crippen molar-refractivity contribution in [2.75, 3.05) is 0 Å². The van der Waals surface area contributed by atoms with Crippen molar-refractivity contribution < 1.29 is 0 Å². The zero-order chi connectivity index (χ0) is 12.4. The molecular formula is C13H15N3S2. The molecule has 3 nitrogen and oxygen atoms in total. The topological polar surface area (TPSA) is 37.8 Å². The lowest BCUT2D eigenvalue weighted by atomic mass is 10.0. The van der Waals surface area contributed by atoms with Crippen molar-refractivity contribution in [3.63, 3.8) is 0 Å². The monoisotopic (exact) mass is 277 g/mol. The Hall–Kier alpha value is -0.910. The Balaban J connectivity index is 1.71. The van der Waals surface area contributed by atoms with Crippen LogP contribution in [-0.2, 0) is 6.54 Å². The van der Waals surface area contributed by atoms with Crippen molar-refractivity contribution in [2.45, 2.75) is 35.4 Å². The van der Waals surface area contributed by atoms with Crippen molar-refractivity contribution in [3.05, 3.63) is 41.0 Å². The molecule has 0 aliphatic carbocycles. The normalized spacial score (nSPS) is 22.7. The minimum Gasteiger partial charge on any atom is -0.304 e. The molecule has 1 aliphatic rings. The number of aromatic nitrogens is 2. The Morgan fingerprint density at radius 2 is 2.39 bits per heavy atom. The lowest BCUT2D eigenvalue weighted by molar-refractivity contribution is 0.483. The summed E-state index contributed by atoms with van der Waals surface area (Å²) in [6, 6.07) is 6.63. The molecule has 94 valence electrons. The van der Waals surface area contributed by atoms with Crippen LogP contribution in [0.3, 0.4) is 0 Å². The van der Waals surface area contributed by atoms with Crippen LogP contribution in [0, 0.1) is 0 Å². The molecule has 1 N–H and O–H groups in total. The smallest absolute Gasteiger partial charge is 0.0769 e. The third-order valence-electron chi connectivity index (χ3n) is 3.07. The van der Waals surface area contributed by atoms with Crippen molar-refractivity contribution in [2.24, 2.45) is 0 Å². The zero-order valence-electron chi connectivity index (χ0n) is 10.2. The van der Waals surface area contributed by atoms with Gasteiger partial charge in [-0.25, -0.2) is 0 Å². The van der Waals surface area contributed by atoms with E-state index in [-0.39, 0.29) is 0 Å². The molecule has 2 aromatic heterocycles. The van der Waals surface area contributed by atoms with Crippen LogP contribution in [0.2, 0.25) is 0 Å². The van der Waals surface area contributed by atoms with Gasteiger partial charge >= 0.3 is 0 Å². The first-order chi connectivity index (χ1) is 8.83. The summed E-state index contributed by atoms with van der Waals surface area (Å²) >= 11 is 3.84. The minimum atomic E-state index is 0.449. The van der Waals surface area contributed by atoms with Gasteiger partial charge in [0.1, 0.15) is 0 Å². The number of rotatable bonds is 3. The first kappa shape index (κ1) is 12.1. The average Bonchev–Trinajstić information content (AvgIpc) is 2.85. The van der Waals surface area contributed by atoms with Gasteiger partial charge in [0.2, 0.25) is 0 Å². The molecule has 0 radical (unpaired) electrons. The van der Waals surface area contributed by atoms with E-state index in [0.29, 0.717) is 11.3 Å². The number of hydrogen-bond acceptors (Lipinski definition) is 5. The molecule has 0 fully saturated rings. The van der Waals surface area contributed by atoms with Crippen molar-refractivity contribution >= 4 is 23.1 Å². The van der Waals surface area contributed by atoms with Gasteiger partial charge in [0.05, 0.1) is 9.90 Å². The van der Waals surface area contributed by atoms with E-state index in [9.17, 15) is 0 Å². The van der Waals surface area contributed by atoms with Crippen LogP contribution in [0.4, 0.5) is 0 Å². The predicted octanol–water partition coefficient (Wildman–Crippen LogP) is 3.25. The molecule has 2 aromatic rings. The maximum Gasteiger partial charge on any atom is 0.0769 e. The van der Waals surface area contributed by atoms with E-state index in [1.807, 2.05) is 35.2 Å². The van der Waals surface area contributed by atoms with E-state index in [2.05, 4.69) is 33.9 Å². The van der Waals surface area contributed by atoms with Gasteiger partial charge in [-0.15, -0.1) is 23.1 Å². The number of fused-ring (bicyclic) bond motifs is 1. The fourth-order valence-corrected chi connectivity index (χ4v) is 4.76. The first-order valence-corrected chi connectivity index (χ1v) is 7.83. The van der Waals surface area contributed by atoms with Crippen molar-refractivity contribution in [1.29, 1.82) is 0 Å². The van der Waals surface area contributed by atoms with E-state index < -0.39 is 0 Å². The van der Waals surface area contributed by atoms with E-state index in [1.54, 1.807) is 6.20 Å². The van der Waals surface area contributed by atoms with E-state index in [4.69, 9.17) is 0 Å². The number of thiophene rings is 1. The second-order valence-corrected chi connectivity index (χ2v) is 7.10. The van der Waals surface area contributed by atoms with Crippen LogP contribution in [0.5, 0.6) is 0 Å². The number of hydrogen-bond donors (Lipinski definition) is 1. The van der Waals surface area contributed by atoms with Crippen LogP contribution in [0.1, 0.15) is 30.6 Å². The summed E-state index contributed by atoms with van der Waals surface area (Å²) in [6.45, 7) is 3.08. The molecule has 3 heterocycles. The highest BCUT2D eigenvalue weighted by molar-refractivity contribution is 8.01. The maximum atomic E-state index is 4.11. The highest BCUT2D eigenvalue weighted by atomic mass is 32.2. The Morgan fingerprint density at radius 1 is 1.44 bits per heavy atom. The SMILES string of the molecule is C[C@H]1CC(NCc2cccnn2)c2ccsc2S1. The van der Waals surface area contributed by atoms with Crippen LogP contribution >= 0.6 is 23.1 Å². The standard InChI is InChI=1S/C13H15N3S2/c1-9-7-12(11-4-6-17-13(11)18-9)14-8-10-3-2-5-15-16-10/h2-6,9,12,14H,7-8H2,1H3/t9-,12?/m0/s1. The summed E-state index contributed by atoms with van der Waals surface area (Å²) in [5.41, 5.74) is 2.45.